The molecule has 0 saturated heterocycles. The van der Waals surface area contributed by atoms with Crippen LogP contribution in [0.4, 0.5) is 10.1 Å². The number of aliphatic hydroxyl groups is 1. The summed E-state index contributed by atoms with van der Waals surface area (Å²) in [6.07, 6.45) is 1.91. The first-order chi connectivity index (χ1) is 9.47. The highest BCUT2D eigenvalue weighted by Gasteiger charge is 2.33. The minimum atomic E-state index is -1.16. The molecule has 1 atom stereocenters. The number of nitrogens with zero attached hydrogens (tertiary/aromatic N) is 2. The molecule has 0 spiro atoms. The third-order valence-corrected chi connectivity index (χ3v) is 3.19. The Balaban J connectivity index is 2.21. The SMILES string of the molecule is CC1=CN2C(=Nc3ccc(F)cc3C2O)C(C(=O)O)=C1. The van der Waals surface area contributed by atoms with Crippen LogP contribution in [0.15, 0.2) is 46.6 Å². The molecule has 20 heavy (non-hydrogen) atoms. The Labute approximate surface area is 114 Å². The fourth-order valence-corrected chi connectivity index (χ4v) is 2.31. The van der Waals surface area contributed by atoms with Crippen LogP contribution >= 0.6 is 0 Å². The number of carboxylic acids is 1. The Bertz CT molecular complexity index is 706. The van der Waals surface area contributed by atoms with Crippen LogP contribution in [0.25, 0.3) is 0 Å². The number of aliphatic carboxylic acids is 1. The van der Waals surface area contributed by atoms with Crippen molar-refractivity contribution in [2.75, 3.05) is 0 Å². The van der Waals surface area contributed by atoms with E-state index in [1.165, 1.54) is 29.2 Å². The molecular formula is C14H11FN2O3. The zero-order valence-corrected chi connectivity index (χ0v) is 10.5. The lowest BCUT2D eigenvalue weighted by Crippen LogP contribution is -2.38. The van der Waals surface area contributed by atoms with Gasteiger partial charge in [-0.15, -0.1) is 0 Å². The van der Waals surface area contributed by atoms with Crippen molar-refractivity contribution in [2.45, 2.75) is 13.2 Å². The summed E-state index contributed by atoms with van der Waals surface area (Å²) < 4.78 is 13.3. The van der Waals surface area contributed by atoms with Gasteiger partial charge in [0.05, 0.1) is 5.69 Å². The fraction of sp³-hybridized carbons (Fsp3) is 0.143. The molecule has 5 nitrogen and oxygen atoms in total. The normalized spacial score (nSPS) is 20.4. The summed E-state index contributed by atoms with van der Waals surface area (Å²) in [6, 6.07) is 3.84. The zero-order chi connectivity index (χ0) is 14.4. The summed E-state index contributed by atoms with van der Waals surface area (Å²) in [4.78, 5) is 16.8. The average molecular weight is 274 g/mol. The van der Waals surface area contributed by atoms with Crippen LogP contribution in [0.1, 0.15) is 18.7 Å². The number of halogens is 1. The summed E-state index contributed by atoms with van der Waals surface area (Å²) >= 11 is 0. The molecule has 0 saturated carbocycles. The number of amidine groups is 1. The van der Waals surface area contributed by atoms with Crippen molar-refractivity contribution in [2.24, 2.45) is 4.99 Å². The summed E-state index contributed by atoms with van der Waals surface area (Å²) in [5.74, 6) is -1.46. The second kappa shape index (κ2) is 4.28. The molecule has 0 amide bonds. The number of aliphatic imine (C=N–C) groups is 1. The van der Waals surface area contributed by atoms with Crippen LogP contribution in [-0.2, 0) is 4.79 Å². The van der Waals surface area contributed by atoms with Gasteiger partial charge in [0.2, 0.25) is 0 Å². The molecule has 102 valence electrons. The van der Waals surface area contributed by atoms with E-state index in [1.807, 2.05) is 0 Å². The molecule has 0 aliphatic carbocycles. The van der Waals surface area contributed by atoms with Gasteiger partial charge in [0.1, 0.15) is 17.2 Å². The molecule has 1 unspecified atom stereocenters. The van der Waals surface area contributed by atoms with Crippen LogP contribution in [0, 0.1) is 5.82 Å². The molecule has 0 fully saturated rings. The summed E-state index contributed by atoms with van der Waals surface area (Å²) in [5.41, 5.74) is 1.34. The van der Waals surface area contributed by atoms with Gasteiger partial charge in [-0.05, 0) is 36.8 Å². The maximum Gasteiger partial charge on any atom is 0.339 e. The number of hydrogen-bond donors (Lipinski definition) is 2. The number of benzene rings is 1. The third-order valence-electron chi connectivity index (χ3n) is 3.19. The highest BCUT2D eigenvalue weighted by atomic mass is 19.1. The number of aliphatic hydroxyl groups excluding tert-OH is 1. The van der Waals surface area contributed by atoms with E-state index in [0.29, 0.717) is 16.8 Å². The van der Waals surface area contributed by atoms with Crippen molar-refractivity contribution in [1.82, 2.24) is 4.90 Å². The smallest absolute Gasteiger partial charge is 0.339 e. The fourth-order valence-electron chi connectivity index (χ4n) is 2.31. The van der Waals surface area contributed by atoms with Crippen LogP contribution < -0.4 is 0 Å². The minimum Gasteiger partial charge on any atom is -0.478 e. The standard InChI is InChI=1S/C14H11FN2O3/c1-7-4-10(14(19)20)12-16-11-3-2-8(15)5-9(11)13(18)17(12)6-7/h2-6,13,18H,1H3,(H,19,20). The van der Waals surface area contributed by atoms with E-state index in [2.05, 4.69) is 4.99 Å². The molecule has 1 aromatic carbocycles. The molecule has 2 heterocycles. The van der Waals surface area contributed by atoms with Crippen molar-refractivity contribution >= 4 is 17.5 Å². The molecule has 2 aliphatic rings. The Morgan fingerprint density at radius 2 is 2.20 bits per heavy atom. The first-order valence-electron chi connectivity index (χ1n) is 5.95. The summed E-state index contributed by atoms with van der Waals surface area (Å²) in [5, 5.41) is 19.5. The molecule has 0 bridgehead atoms. The highest BCUT2D eigenvalue weighted by molar-refractivity contribution is 6.20. The van der Waals surface area contributed by atoms with Crippen molar-refractivity contribution in [3.05, 3.63) is 53.0 Å². The van der Waals surface area contributed by atoms with E-state index in [1.54, 1.807) is 13.1 Å². The third kappa shape index (κ3) is 1.81. The zero-order valence-electron chi connectivity index (χ0n) is 10.5. The quantitative estimate of drug-likeness (QED) is 0.822. The van der Waals surface area contributed by atoms with Crippen LogP contribution in [-0.4, -0.2) is 26.9 Å². The van der Waals surface area contributed by atoms with Crippen LogP contribution in [0.2, 0.25) is 0 Å². The van der Waals surface area contributed by atoms with Crippen molar-refractivity contribution in [3.8, 4) is 0 Å². The van der Waals surface area contributed by atoms with Gasteiger partial charge in [-0.25, -0.2) is 14.2 Å². The summed E-state index contributed by atoms with van der Waals surface area (Å²) in [7, 11) is 0. The molecule has 0 aromatic heterocycles. The highest BCUT2D eigenvalue weighted by Crippen LogP contribution is 2.37. The van der Waals surface area contributed by atoms with Crippen molar-refractivity contribution < 1.29 is 19.4 Å². The van der Waals surface area contributed by atoms with E-state index in [4.69, 9.17) is 0 Å². The maximum absolute atomic E-state index is 13.3. The van der Waals surface area contributed by atoms with Gasteiger partial charge in [0.25, 0.3) is 0 Å². The summed E-state index contributed by atoms with van der Waals surface area (Å²) in [6.45, 7) is 1.72. The monoisotopic (exact) mass is 274 g/mol. The Morgan fingerprint density at radius 3 is 2.90 bits per heavy atom. The predicted octanol–water partition coefficient (Wildman–Crippen LogP) is 2.09. The van der Waals surface area contributed by atoms with Gasteiger partial charge < -0.3 is 15.1 Å². The van der Waals surface area contributed by atoms with Gasteiger partial charge in [-0.1, -0.05) is 0 Å². The number of rotatable bonds is 1. The lowest BCUT2D eigenvalue weighted by molar-refractivity contribution is -0.132. The Hall–Kier alpha value is -2.47. The maximum atomic E-state index is 13.3. The first-order valence-corrected chi connectivity index (χ1v) is 5.95. The lowest BCUT2D eigenvalue weighted by Gasteiger charge is -2.35. The Kier molecular flexibility index (Phi) is 2.69. The van der Waals surface area contributed by atoms with Crippen LogP contribution in [0.3, 0.4) is 0 Å². The van der Waals surface area contributed by atoms with Gasteiger partial charge in [-0.3, -0.25) is 0 Å². The van der Waals surface area contributed by atoms with E-state index < -0.39 is 18.0 Å². The molecule has 6 heteroatoms. The van der Waals surface area contributed by atoms with Gasteiger partial charge >= 0.3 is 5.97 Å². The number of allylic oxidation sites excluding steroid dienone is 2. The van der Waals surface area contributed by atoms with E-state index in [-0.39, 0.29) is 11.4 Å². The molecular weight excluding hydrogens is 263 g/mol. The number of carboxylic acid groups (broad SMARTS) is 1. The van der Waals surface area contributed by atoms with Gasteiger partial charge in [0.15, 0.2) is 6.23 Å². The second-order valence-corrected chi connectivity index (χ2v) is 4.66. The predicted molar refractivity (Wildman–Crippen MR) is 69.8 cm³/mol. The topological polar surface area (TPSA) is 73.1 Å². The van der Waals surface area contributed by atoms with E-state index in [9.17, 15) is 19.4 Å². The van der Waals surface area contributed by atoms with Crippen molar-refractivity contribution in [1.29, 1.82) is 0 Å². The molecule has 2 aliphatic heterocycles. The molecule has 2 N–H and O–H groups in total. The largest absolute Gasteiger partial charge is 0.478 e. The number of carbonyl (C=O) groups is 1. The van der Waals surface area contributed by atoms with Gasteiger partial charge in [0, 0.05) is 11.8 Å². The number of hydrogen-bond acceptors (Lipinski definition) is 4. The molecule has 1 aromatic rings. The Morgan fingerprint density at radius 1 is 1.45 bits per heavy atom. The van der Waals surface area contributed by atoms with Crippen LogP contribution in [0.5, 0.6) is 0 Å². The average Bonchev–Trinajstić information content (AvgIpc) is 2.40. The van der Waals surface area contributed by atoms with Gasteiger partial charge in [-0.2, -0.15) is 0 Å². The van der Waals surface area contributed by atoms with Crippen molar-refractivity contribution in [3.63, 3.8) is 0 Å². The van der Waals surface area contributed by atoms with E-state index in [0.717, 1.165) is 0 Å². The second-order valence-electron chi connectivity index (χ2n) is 4.66. The molecule has 0 radical (unpaired) electrons. The minimum absolute atomic E-state index is 0.000903. The lowest BCUT2D eigenvalue weighted by atomic mass is 10.0. The molecule has 3 rings (SSSR count). The first kappa shape index (κ1) is 12.6. The van der Waals surface area contributed by atoms with E-state index >= 15 is 0 Å². The number of fused-ring (bicyclic) bond motifs is 2.